The van der Waals surface area contributed by atoms with E-state index < -0.39 is 0 Å². The fraction of sp³-hybridized carbons (Fsp3) is 1.00. The van der Waals surface area contributed by atoms with Crippen LogP contribution in [0.2, 0.25) is 0 Å². The predicted molar refractivity (Wildman–Crippen MR) is 51.5 cm³/mol. The number of hydrogen-bond donors (Lipinski definition) is 1. The van der Waals surface area contributed by atoms with Crippen molar-refractivity contribution in [3.63, 3.8) is 0 Å². The van der Waals surface area contributed by atoms with Crippen LogP contribution < -0.4 is 0 Å². The zero-order valence-electron chi connectivity index (χ0n) is 8.15. The van der Waals surface area contributed by atoms with Gasteiger partial charge in [0.15, 0.2) is 0 Å². The second-order valence-corrected chi connectivity index (χ2v) is 5.08. The number of fused-ring (bicyclic) bond motifs is 2. The minimum Gasteiger partial charge on any atom is -0.396 e. The molecule has 3 fully saturated rings. The van der Waals surface area contributed by atoms with E-state index in [9.17, 15) is 5.11 Å². The van der Waals surface area contributed by atoms with Crippen molar-refractivity contribution in [1.29, 1.82) is 0 Å². The Labute approximate surface area is 79.9 Å². The van der Waals surface area contributed by atoms with Gasteiger partial charge in [0, 0.05) is 24.7 Å². The van der Waals surface area contributed by atoms with Gasteiger partial charge in [-0.3, -0.25) is 4.90 Å². The van der Waals surface area contributed by atoms with Crippen molar-refractivity contribution in [3.8, 4) is 0 Å². The molecule has 0 amide bonds. The minimum atomic E-state index is 0.422. The van der Waals surface area contributed by atoms with E-state index in [-0.39, 0.29) is 0 Å². The molecule has 2 aliphatic heterocycles. The average molecular weight is 181 g/mol. The molecule has 2 heterocycles. The molecule has 0 aromatic heterocycles. The van der Waals surface area contributed by atoms with Gasteiger partial charge in [0.2, 0.25) is 0 Å². The molecule has 0 spiro atoms. The summed E-state index contributed by atoms with van der Waals surface area (Å²) in [6.07, 6.45) is 8.22. The predicted octanol–water partition coefficient (Wildman–Crippen LogP) is 1.38. The topological polar surface area (TPSA) is 23.5 Å². The van der Waals surface area contributed by atoms with Crippen molar-refractivity contribution in [3.05, 3.63) is 0 Å². The third-order valence-corrected chi connectivity index (χ3v) is 4.11. The van der Waals surface area contributed by atoms with Crippen LogP contribution in [0.25, 0.3) is 0 Å². The largest absolute Gasteiger partial charge is 0.396 e. The van der Waals surface area contributed by atoms with Gasteiger partial charge in [-0.2, -0.15) is 0 Å². The lowest BCUT2D eigenvalue weighted by molar-refractivity contribution is 0.0680. The summed E-state index contributed by atoms with van der Waals surface area (Å²) >= 11 is 0. The van der Waals surface area contributed by atoms with Gasteiger partial charge in [0.05, 0.1) is 0 Å². The van der Waals surface area contributed by atoms with E-state index >= 15 is 0 Å². The molecule has 3 aliphatic rings. The monoisotopic (exact) mass is 181 g/mol. The highest BCUT2D eigenvalue weighted by Gasteiger charge is 2.46. The standard InChI is InChI=1S/C11H19NO/c13-7-8-5-10-3-4-11(6-8)12(10)9-1-2-9/h8-11,13H,1-7H2. The third-order valence-electron chi connectivity index (χ3n) is 4.11. The van der Waals surface area contributed by atoms with Crippen molar-refractivity contribution in [2.45, 2.75) is 56.7 Å². The van der Waals surface area contributed by atoms with Gasteiger partial charge >= 0.3 is 0 Å². The first-order valence-electron chi connectivity index (χ1n) is 5.77. The van der Waals surface area contributed by atoms with E-state index in [1.807, 2.05) is 0 Å². The van der Waals surface area contributed by atoms with Gasteiger partial charge in [-0.05, 0) is 44.4 Å². The molecule has 2 nitrogen and oxygen atoms in total. The molecule has 0 aromatic rings. The fourth-order valence-corrected chi connectivity index (χ4v) is 3.44. The van der Waals surface area contributed by atoms with E-state index in [1.54, 1.807) is 0 Å². The van der Waals surface area contributed by atoms with Crippen LogP contribution in [0.3, 0.4) is 0 Å². The molecule has 1 N–H and O–H groups in total. The summed E-state index contributed by atoms with van der Waals surface area (Å²) in [4.78, 5) is 2.78. The van der Waals surface area contributed by atoms with Crippen molar-refractivity contribution >= 4 is 0 Å². The maximum absolute atomic E-state index is 9.18. The first-order chi connectivity index (χ1) is 6.38. The number of rotatable bonds is 2. The first kappa shape index (κ1) is 8.25. The molecule has 13 heavy (non-hydrogen) atoms. The van der Waals surface area contributed by atoms with Crippen LogP contribution in [0, 0.1) is 5.92 Å². The molecule has 1 saturated carbocycles. The van der Waals surface area contributed by atoms with E-state index in [2.05, 4.69) is 4.90 Å². The zero-order chi connectivity index (χ0) is 8.84. The Bertz CT molecular complexity index is 188. The fourth-order valence-electron chi connectivity index (χ4n) is 3.44. The van der Waals surface area contributed by atoms with Gasteiger partial charge in [0.25, 0.3) is 0 Å². The van der Waals surface area contributed by atoms with Crippen molar-refractivity contribution < 1.29 is 5.11 Å². The van der Waals surface area contributed by atoms with Gasteiger partial charge in [-0.25, -0.2) is 0 Å². The summed E-state index contributed by atoms with van der Waals surface area (Å²) in [5.41, 5.74) is 0. The Kier molecular flexibility index (Phi) is 1.88. The highest BCUT2D eigenvalue weighted by atomic mass is 16.3. The smallest absolute Gasteiger partial charge is 0.0460 e. The Morgan fingerprint density at radius 2 is 1.46 bits per heavy atom. The normalized spacial score (nSPS) is 45.5. The van der Waals surface area contributed by atoms with Gasteiger partial charge in [-0.15, -0.1) is 0 Å². The quantitative estimate of drug-likeness (QED) is 0.695. The van der Waals surface area contributed by atoms with Crippen LogP contribution in [0.5, 0.6) is 0 Å². The second kappa shape index (κ2) is 2.96. The van der Waals surface area contributed by atoms with Crippen LogP contribution in [0.1, 0.15) is 38.5 Å². The lowest BCUT2D eigenvalue weighted by Gasteiger charge is -2.38. The van der Waals surface area contributed by atoms with E-state index in [0.29, 0.717) is 12.5 Å². The molecular weight excluding hydrogens is 162 g/mol. The summed E-state index contributed by atoms with van der Waals surface area (Å²) in [5.74, 6) is 0.618. The van der Waals surface area contributed by atoms with Crippen molar-refractivity contribution in [1.82, 2.24) is 4.90 Å². The summed E-state index contributed by atoms with van der Waals surface area (Å²) in [5, 5.41) is 9.18. The first-order valence-corrected chi connectivity index (χ1v) is 5.77. The molecule has 0 radical (unpaired) electrons. The molecule has 74 valence electrons. The highest BCUT2D eigenvalue weighted by Crippen LogP contribution is 2.44. The molecule has 1 aliphatic carbocycles. The van der Waals surface area contributed by atoms with Gasteiger partial charge in [0.1, 0.15) is 0 Å². The lowest BCUT2D eigenvalue weighted by Crippen LogP contribution is -2.44. The Balaban J connectivity index is 1.73. The lowest BCUT2D eigenvalue weighted by atomic mass is 9.91. The molecule has 3 rings (SSSR count). The number of aliphatic hydroxyl groups excluding tert-OH is 1. The number of hydrogen-bond acceptors (Lipinski definition) is 2. The Morgan fingerprint density at radius 3 is 1.92 bits per heavy atom. The zero-order valence-corrected chi connectivity index (χ0v) is 8.15. The third kappa shape index (κ3) is 1.31. The van der Waals surface area contributed by atoms with Crippen LogP contribution in [0.4, 0.5) is 0 Å². The average Bonchev–Trinajstić information content (AvgIpc) is 2.95. The van der Waals surface area contributed by atoms with E-state index in [4.69, 9.17) is 0 Å². The SMILES string of the molecule is OCC1CC2CCC(C1)N2C1CC1. The highest BCUT2D eigenvalue weighted by molar-refractivity contribution is 5.01. The second-order valence-electron chi connectivity index (χ2n) is 5.08. The van der Waals surface area contributed by atoms with E-state index in [1.165, 1.54) is 38.5 Å². The summed E-state index contributed by atoms with van der Waals surface area (Å²) in [6.45, 7) is 0.422. The Hall–Kier alpha value is -0.0800. The van der Waals surface area contributed by atoms with Gasteiger partial charge < -0.3 is 5.11 Å². The molecule has 2 heteroatoms. The van der Waals surface area contributed by atoms with Crippen LogP contribution in [-0.2, 0) is 0 Å². The molecule has 2 saturated heterocycles. The van der Waals surface area contributed by atoms with Crippen LogP contribution in [-0.4, -0.2) is 34.7 Å². The van der Waals surface area contributed by atoms with Gasteiger partial charge in [-0.1, -0.05) is 0 Å². The Morgan fingerprint density at radius 1 is 0.923 bits per heavy atom. The number of piperidine rings is 1. The molecule has 0 aromatic carbocycles. The summed E-state index contributed by atoms with van der Waals surface area (Å²) in [6, 6.07) is 2.61. The molecular formula is C11H19NO. The summed E-state index contributed by atoms with van der Waals surface area (Å²) < 4.78 is 0. The maximum Gasteiger partial charge on any atom is 0.0460 e. The van der Waals surface area contributed by atoms with Crippen LogP contribution in [0.15, 0.2) is 0 Å². The van der Waals surface area contributed by atoms with Crippen LogP contribution >= 0.6 is 0 Å². The van der Waals surface area contributed by atoms with E-state index in [0.717, 1.165) is 18.1 Å². The molecule has 2 unspecified atom stereocenters. The molecule has 2 bridgehead atoms. The number of aliphatic hydroxyl groups is 1. The maximum atomic E-state index is 9.18. The minimum absolute atomic E-state index is 0.422. The summed E-state index contributed by atoms with van der Waals surface area (Å²) in [7, 11) is 0. The van der Waals surface area contributed by atoms with Crippen molar-refractivity contribution in [2.24, 2.45) is 5.92 Å². The number of nitrogens with zero attached hydrogens (tertiary/aromatic N) is 1. The van der Waals surface area contributed by atoms with Crippen molar-refractivity contribution in [2.75, 3.05) is 6.61 Å². The molecule has 2 atom stereocenters.